The molecule has 1 aromatic carbocycles. The van der Waals surface area contributed by atoms with Gasteiger partial charge in [0.15, 0.2) is 0 Å². The van der Waals surface area contributed by atoms with Crippen molar-refractivity contribution in [3.05, 3.63) is 39.3 Å². The molecule has 8 heteroatoms. The first-order valence-corrected chi connectivity index (χ1v) is 10.6. The Labute approximate surface area is 176 Å². The van der Waals surface area contributed by atoms with Crippen LogP contribution in [0.5, 0.6) is 0 Å². The molecule has 0 unspecified atom stereocenters. The molecule has 0 atom stereocenters. The number of hydrogen-bond donors (Lipinski definition) is 0. The number of carbonyl (C=O) groups excluding carboxylic acids is 3. The zero-order valence-electron chi connectivity index (χ0n) is 15.9. The molecule has 0 radical (unpaired) electrons. The van der Waals surface area contributed by atoms with Gasteiger partial charge in [0, 0.05) is 33.7 Å². The number of halogens is 1. The number of thioether (sulfide) groups is 1. The van der Waals surface area contributed by atoms with Crippen molar-refractivity contribution in [3.63, 3.8) is 0 Å². The Bertz CT molecular complexity index is 980. The zero-order chi connectivity index (χ0) is 20.4. The van der Waals surface area contributed by atoms with Crippen molar-refractivity contribution in [3.8, 4) is 0 Å². The van der Waals surface area contributed by atoms with Gasteiger partial charge in [0.05, 0.1) is 11.5 Å². The van der Waals surface area contributed by atoms with E-state index in [1.165, 1.54) is 4.90 Å². The lowest BCUT2D eigenvalue weighted by molar-refractivity contribution is -0.143. The second-order valence-electron chi connectivity index (χ2n) is 6.86. The first-order chi connectivity index (χ1) is 13.3. The summed E-state index contributed by atoms with van der Waals surface area (Å²) in [6.45, 7) is 6.49. The molecule has 0 bridgehead atoms. The van der Waals surface area contributed by atoms with E-state index in [0.717, 1.165) is 32.7 Å². The van der Waals surface area contributed by atoms with Crippen LogP contribution in [0.1, 0.15) is 26.3 Å². The minimum atomic E-state index is -0.328. The van der Waals surface area contributed by atoms with Crippen LogP contribution < -0.4 is 0 Å². The predicted octanol–water partition coefficient (Wildman–Crippen LogP) is 4.66. The highest BCUT2D eigenvalue weighted by Gasteiger charge is 2.35. The minimum absolute atomic E-state index is 0.0780. The van der Waals surface area contributed by atoms with E-state index in [4.69, 9.17) is 4.74 Å². The van der Waals surface area contributed by atoms with Gasteiger partial charge in [0.1, 0.15) is 6.54 Å². The summed E-state index contributed by atoms with van der Waals surface area (Å²) in [5, 5.41) is 0.635. The fourth-order valence-electron chi connectivity index (χ4n) is 3.05. The number of fused-ring (bicyclic) bond motifs is 1. The third-order valence-electron chi connectivity index (χ3n) is 4.19. The maximum atomic E-state index is 12.7. The smallest absolute Gasteiger partial charge is 0.325 e. The molecule has 6 nitrogen and oxygen atoms in total. The number of rotatable bonds is 6. The number of esters is 1. The Kier molecular flexibility index (Phi) is 6.30. The third-order valence-corrected chi connectivity index (χ3v) is 5.59. The van der Waals surface area contributed by atoms with Gasteiger partial charge < -0.3 is 9.30 Å². The topological polar surface area (TPSA) is 68.6 Å². The average Bonchev–Trinajstić information content (AvgIpc) is 3.07. The second kappa shape index (κ2) is 8.53. The Morgan fingerprint density at radius 1 is 1.32 bits per heavy atom. The van der Waals surface area contributed by atoms with Gasteiger partial charge in [-0.2, -0.15) is 0 Å². The van der Waals surface area contributed by atoms with E-state index in [2.05, 4.69) is 15.9 Å². The monoisotopic (exact) mass is 464 g/mol. The van der Waals surface area contributed by atoms with Crippen molar-refractivity contribution >= 4 is 61.8 Å². The largest absolute Gasteiger partial charge is 0.465 e. The number of benzene rings is 1. The summed E-state index contributed by atoms with van der Waals surface area (Å²) >= 11 is 4.41. The van der Waals surface area contributed by atoms with E-state index in [1.54, 1.807) is 17.6 Å². The van der Waals surface area contributed by atoms with E-state index in [-0.39, 0.29) is 29.6 Å². The maximum Gasteiger partial charge on any atom is 0.325 e. The highest BCUT2D eigenvalue weighted by Crippen LogP contribution is 2.35. The molecule has 2 aromatic rings. The van der Waals surface area contributed by atoms with Crippen LogP contribution in [0, 0.1) is 5.92 Å². The van der Waals surface area contributed by atoms with Gasteiger partial charge in [-0.05, 0) is 48.9 Å². The van der Waals surface area contributed by atoms with Gasteiger partial charge >= 0.3 is 5.97 Å². The van der Waals surface area contributed by atoms with Crippen LogP contribution >= 0.6 is 27.7 Å². The van der Waals surface area contributed by atoms with Crippen LogP contribution in [0.4, 0.5) is 4.79 Å². The summed E-state index contributed by atoms with van der Waals surface area (Å²) < 4.78 is 7.73. The maximum absolute atomic E-state index is 12.7. The van der Waals surface area contributed by atoms with E-state index < -0.39 is 0 Å². The lowest BCUT2D eigenvalue weighted by atomic mass is 10.1. The van der Waals surface area contributed by atoms with Gasteiger partial charge in [0.2, 0.25) is 0 Å². The molecule has 2 amide bonds. The van der Waals surface area contributed by atoms with Crippen LogP contribution in [0.3, 0.4) is 0 Å². The highest BCUT2D eigenvalue weighted by atomic mass is 79.9. The fraction of sp³-hybridized carbons (Fsp3) is 0.350. The lowest BCUT2D eigenvalue weighted by Gasteiger charge is -2.14. The van der Waals surface area contributed by atoms with Crippen molar-refractivity contribution in [2.45, 2.75) is 27.3 Å². The van der Waals surface area contributed by atoms with Crippen molar-refractivity contribution in [2.24, 2.45) is 5.92 Å². The first-order valence-electron chi connectivity index (χ1n) is 8.99. The van der Waals surface area contributed by atoms with E-state index in [9.17, 15) is 14.4 Å². The van der Waals surface area contributed by atoms with Crippen LogP contribution in [0.2, 0.25) is 0 Å². The molecule has 0 saturated carbocycles. The van der Waals surface area contributed by atoms with E-state index in [0.29, 0.717) is 18.1 Å². The summed E-state index contributed by atoms with van der Waals surface area (Å²) in [6.07, 6.45) is 3.53. The molecule has 1 aliphatic rings. The quantitative estimate of drug-likeness (QED) is 0.459. The Morgan fingerprint density at radius 2 is 2.07 bits per heavy atom. The van der Waals surface area contributed by atoms with Crippen molar-refractivity contribution in [1.82, 2.24) is 9.47 Å². The number of hydrogen-bond acceptors (Lipinski definition) is 5. The molecule has 1 saturated heterocycles. The first kappa shape index (κ1) is 20.7. The normalized spacial score (nSPS) is 16.0. The Morgan fingerprint density at radius 3 is 2.75 bits per heavy atom. The molecule has 3 rings (SSSR count). The molecule has 1 fully saturated rings. The van der Waals surface area contributed by atoms with E-state index >= 15 is 0 Å². The minimum Gasteiger partial charge on any atom is -0.465 e. The van der Waals surface area contributed by atoms with Gasteiger partial charge in [-0.25, -0.2) is 0 Å². The lowest BCUT2D eigenvalue weighted by Crippen LogP contribution is -2.31. The number of carbonyl (C=O) groups is 3. The molecule has 1 aromatic heterocycles. The molecule has 0 aliphatic carbocycles. The van der Waals surface area contributed by atoms with Crippen molar-refractivity contribution in [2.75, 3.05) is 13.2 Å². The van der Waals surface area contributed by atoms with Gasteiger partial charge in [-0.1, -0.05) is 29.8 Å². The molecular formula is C20H21BrN2O4S. The Hall–Kier alpha value is -2.06. The molecule has 28 heavy (non-hydrogen) atoms. The van der Waals surface area contributed by atoms with E-state index in [1.807, 2.05) is 38.2 Å². The van der Waals surface area contributed by atoms with Crippen molar-refractivity contribution < 1.29 is 19.1 Å². The average molecular weight is 465 g/mol. The summed E-state index contributed by atoms with van der Waals surface area (Å²) in [6, 6.07) is 5.73. The van der Waals surface area contributed by atoms with Crippen LogP contribution in [0.25, 0.3) is 17.0 Å². The highest BCUT2D eigenvalue weighted by molar-refractivity contribution is 9.10. The van der Waals surface area contributed by atoms with Crippen molar-refractivity contribution in [1.29, 1.82) is 0 Å². The summed E-state index contributed by atoms with van der Waals surface area (Å²) in [5.74, 6) is -0.397. The molecule has 148 valence electrons. The zero-order valence-corrected chi connectivity index (χ0v) is 18.3. The molecular weight excluding hydrogens is 444 g/mol. The number of amides is 2. The molecule has 0 N–H and O–H groups in total. The number of aromatic nitrogens is 1. The Balaban J connectivity index is 2.00. The second-order valence-corrected chi connectivity index (χ2v) is 8.77. The summed E-state index contributed by atoms with van der Waals surface area (Å²) in [4.78, 5) is 38.5. The van der Waals surface area contributed by atoms with Crippen LogP contribution in [-0.4, -0.2) is 39.7 Å². The standard InChI is InChI=1S/C20H21BrN2O4S/c1-4-27-18(24)11-22-10-13(15-8-14(21)5-6-16(15)22)7-17-19(25)23(9-12(2)3)20(26)28-17/h5-8,10,12H,4,9,11H2,1-3H3/b17-7-. The van der Waals surface area contributed by atoms with Gasteiger partial charge in [0.25, 0.3) is 11.1 Å². The van der Waals surface area contributed by atoms with Crippen LogP contribution in [0.15, 0.2) is 33.8 Å². The molecule has 2 heterocycles. The molecule has 1 aliphatic heterocycles. The summed E-state index contributed by atoms with van der Waals surface area (Å²) in [5.41, 5.74) is 1.62. The SMILES string of the molecule is CCOC(=O)Cn1cc(/C=C2\SC(=O)N(CC(C)C)C2=O)c2cc(Br)ccc21. The van der Waals surface area contributed by atoms with Gasteiger partial charge in [-0.15, -0.1) is 0 Å². The number of ether oxygens (including phenoxy) is 1. The van der Waals surface area contributed by atoms with Gasteiger partial charge in [-0.3, -0.25) is 19.3 Å². The molecule has 0 spiro atoms. The summed E-state index contributed by atoms with van der Waals surface area (Å²) in [7, 11) is 0. The predicted molar refractivity (Wildman–Crippen MR) is 114 cm³/mol. The van der Waals surface area contributed by atoms with Crippen LogP contribution in [-0.2, 0) is 20.9 Å². The number of imide groups is 1. The number of nitrogens with zero attached hydrogens (tertiary/aromatic N) is 2. The fourth-order valence-corrected chi connectivity index (χ4v) is 4.25. The third kappa shape index (κ3) is 4.33.